The summed E-state index contributed by atoms with van der Waals surface area (Å²) >= 11 is 1.89. The minimum Gasteiger partial charge on any atom is -0.480 e. The van der Waals surface area contributed by atoms with Gasteiger partial charge in [0.05, 0.1) is 4.87 Å². The highest BCUT2D eigenvalue weighted by molar-refractivity contribution is 8.00. The Balaban J connectivity index is 2.00. The molecule has 2 unspecified atom stereocenters. The maximum Gasteiger partial charge on any atom is 0.320 e. The number of hydrogen-bond donors (Lipinski definition) is 2. The molecule has 1 saturated heterocycles. The van der Waals surface area contributed by atoms with Crippen LogP contribution < -0.4 is 5.32 Å². The van der Waals surface area contributed by atoms with Gasteiger partial charge in [0, 0.05) is 0 Å². The van der Waals surface area contributed by atoms with Crippen molar-refractivity contribution in [2.24, 2.45) is 0 Å². The van der Waals surface area contributed by atoms with Gasteiger partial charge in [0.25, 0.3) is 0 Å². The average Bonchev–Trinajstić information content (AvgIpc) is 2.60. The fourth-order valence-corrected chi connectivity index (χ4v) is 4.76. The summed E-state index contributed by atoms with van der Waals surface area (Å²) in [6, 6.07) is 8.10. The van der Waals surface area contributed by atoms with Crippen molar-refractivity contribution < 1.29 is 9.90 Å². The average molecular weight is 277 g/mol. The van der Waals surface area contributed by atoms with Gasteiger partial charge in [-0.15, -0.1) is 11.8 Å². The van der Waals surface area contributed by atoms with Crippen LogP contribution in [0, 0.1) is 0 Å². The van der Waals surface area contributed by atoms with Crippen molar-refractivity contribution in [1.29, 1.82) is 0 Å². The van der Waals surface area contributed by atoms with Crippen LogP contribution >= 0.6 is 11.8 Å². The molecule has 1 spiro atoms. The molecule has 0 bridgehead atoms. The molecular formula is C15H19NO2S. The van der Waals surface area contributed by atoms with E-state index in [9.17, 15) is 9.90 Å². The Morgan fingerprint density at radius 1 is 1.37 bits per heavy atom. The van der Waals surface area contributed by atoms with Crippen LogP contribution in [-0.2, 0) is 16.1 Å². The third kappa shape index (κ3) is 2.39. The number of hydrogen-bond acceptors (Lipinski definition) is 3. The number of benzene rings is 1. The lowest BCUT2D eigenvalue weighted by Crippen LogP contribution is -2.52. The molecule has 2 N–H and O–H groups in total. The van der Waals surface area contributed by atoms with Gasteiger partial charge in [-0.05, 0) is 42.6 Å². The standard InChI is InChI=1S/C15H19NO2S/c17-14(18)13-8-10-19-15(16-13)9-4-3-6-11-5-1-2-7-12(11)15/h1-2,5,7,13,16H,3-4,6,8-10H2,(H,17,18). The molecule has 1 aromatic rings. The molecule has 3 nitrogen and oxygen atoms in total. The predicted molar refractivity (Wildman–Crippen MR) is 77.3 cm³/mol. The third-order valence-electron chi connectivity index (χ3n) is 4.14. The van der Waals surface area contributed by atoms with Crippen molar-refractivity contribution in [3.8, 4) is 0 Å². The number of fused-ring (bicyclic) bond motifs is 2. The van der Waals surface area contributed by atoms with E-state index in [1.807, 2.05) is 11.8 Å². The maximum atomic E-state index is 11.3. The minimum absolute atomic E-state index is 0.186. The van der Waals surface area contributed by atoms with Crippen molar-refractivity contribution in [1.82, 2.24) is 5.32 Å². The normalized spacial score (nSPS) is 30.6. The van der Waals surface area contributed by atoms with Crippen LogP contribution in [0.15, 0.2) is 24.3 Å². The Labute approximate surface area is 117 Å². The lowest BCUT2D eigenvalue weighted by molar-refractivity contribution is -0.140. The first-order valence-electron chi connectivity index (χ1n) is 6.94. The second-order valence-corrected chi connectivity index (χ2v) is 6.76. The van der Waals surface area contributed by atoms with E-state index >= 15 is 0 Å². The summed E-state index contributed by atoms with van der Waals surface area (Å²) in [6.07, 6.45) is 5.19. The number of aliphatic carboxylic acids is 1. The molecule has 4 heteroatoms. The summed E-state index contributed by atoms with van der Waals surface area (Å²) in [5, 5.41) is 12.7. The molecule has 1 heterocycles. The first kappa shape index (κ1) is 13.0. The largest absolute Gasteiger partial charge is 0.480 e. The SMILES string of the molecule is O=C(O)C1CCSC2(CCCCc3ccccc32)N1. The van der Waals surface area contributed by atoms with Gasteiger partial charge in [-0.1, -0.05) is 30.7 Å². The minimum atomic E-state index is -0.721. The van der Waals surface area contributed by atoms with E-state index in [2.05, 4.69) is 29.6 Å². The van der Waals surface area contributed by atoms with Crippen LogP contribution in [0.5, 0.6) is 0 Å². The van der Waals surface area contributed by atoms with E-state index < -0.39 is 12.0 Å². The summed E-state index contributed by atoms with van der Waals surface area (Å²) in [4.78, 5) is 11.1. The van der Waals surface area contributed by atoms with Crippen LogP contribution in [0.25, 0.3) is 0 Å². The van der Waals surface area contributed by atoms with Crippen molar-refractivity contribution in [2.45, 2.75) is 43.0 Å². The molecular weight excluding hydrogens is 258 g/mol. The maximum absolute atomic E-state index is 11.3. The zero-order valence-corrected chi connectivity index (χ0v) is 11.7. The molecule has 0 saturated carbocycles. The van der Waals surface area contributed by atoms with Gasteiger partial charge in [-0.2, -0.15) is 0 Å². The Hall–Kier alpha value is -1.00. The summed E-state index contributed by atoms with van der Waals surface area (Å²) in [5.41, 5.74) is 2.69. The van der Waals surface area contributed by atoms with E-state index in [0.29, 0.717) is 6.42 Å². The zero-order chi connectivity index (χ0) is 13.3. The lowest BCUT2D eigenvalue weighted by atomic mass is 9.97. The quantitative estimate of drug-likeness (QED) is 0.828. The van der Waals surface area contributed by atoms with Crippen LogP contribution in [-0.4, -0.2) is 22.9 Å². The van der Waals surface area contributed by atoms with E-state index in [4.69, 9.17) is 0 Å². The highest BCUT2D eigenvalue weighted by Gasteiger charge is 2.41. The Morgan fingerprint density at radius 2 is 2.21 bits per heavy atom. The number of aryl methyl sites for hydroxylation is 1. The Kier molecular flexibility index (Phi) is 3.54. The summed E-state index contributed by atoms with van der Waals surface area (Å²) in [7, 11) is 0. The van der Waals surface area contributed by atoms with Gasteiger partial charge in [0.2, 0.25) is 0 Å². The molecule has 102 valence electrons. The van der Waals surface area contributed by atoms with Crippen LogP contribution in [0.3, 0.4) is 0 Å². The number of carboxylic acids is 1. The molecule has 19 heavy (non-hydrogen) atoms. The monoisotopic (exact) mass is 277 g/mol. The molecule has 1 aliphatic carbocycles. The van der Waals surface area contributed by atoms with Crippen molar-refractivity contribution in [2.75, 3.05) is 5.75 Å². The van der Waals surface area contributed by atoms with E-state index in [1.54, 1.807) is 0 Å². The van der Waals surface area contributed by atoms with Gasteiger partial charge in [-0.3, -0.25) is 10.1 Å². The van der Waals surface area contributed by atoms with Gasteiger partial charge < -0.3 is 5.11 Å². The topological polar surface area (TPSA) is 49.3 Å². The number of carboxylic acid groups (broad SMARTS) is 1. The highest BCUT2D eigenvalue weighted by atomic mass is 32.2. The predicted octanol–water partition coefficient (Wildman–Crippen LogP) is 2.75. The van der Waals surface area contributed by atoms with Crippen molar-refractivity contribution >= 4 is 17.7 Å². The molecule has 0 radical (unpaired) electrons. The van der Waals surface area contributed by atoms with Crippen LogP contribution in [0.1, 0.15) is 36.8 Å². The fraction of sp³-hybridized carbons (Fsp3) is 0.533. The fourth-order valence-electron chi connectivity index (χ4n) is 3.19. The Bertz CT molecular complexity index is 491. The van der Waals surface area contributed by atoms with E-state index in [1.165, 1.54) is 17.5 Å². The summed E-state index contributed by atoms with van der Waals surface area (Å²) in [6.45, 7) is 0. The zero-order valence-electron chi connectivity index (χ0n) is 10.9. The summed E-state index contributed by atoms with van der Waals surface area (Å²) < 4.78 is 0. The number of rotatable bonds is 1. The molecule has 3 rings (SSSR count). The molecule has 0 amide bonds. The van der Waals surface area contributed by atoms with Gasteiger partial charge in [-0.25, -0.2) is 0 Å². The summed E-state index contributed by atoms with van der Waals surface area (Å²) in [5.74, 6) is 0.194. The third-order valence-corrected chi connectivity index (χ3v) is 5.61. The molecule has 1 aromatic carbocycles. The second-order valence-electron chi connectivity index (χ2n) is 5.36. The Morgan fingerprint density at radius 3 is 3.05 bits per heavy atom. The van der Waals surface area contributed by atoms with Crippen molar-refractivity contribution in [3.63, 3.8) is 0 Å². The van der Waals surface area contributed by atoms with Gasteiger partial charge in [0.15, 0.2) is 0 Å². The highest BCUT2D eigenvalue weighted by Crippen LogP contribution is 2.45. The molecule has 2 aliphatic rings. The van der Waals surface area contributed by atoms with Gasteiger partial charge in [0.1, 0.15) is 6.04 Å². The smallest absolute Gasteiger partial charge is 0.320 e. The molecule has 1 fully saturated rings. The molecule has 0 aromatic heterocycles. The van der Waals surface area contributed by atoms with E-state index in [-0.39, 0.29) is 4.87 Å². The number of thioether (sulfide) groups is 1. The van der Waals surface area contributed by atoms with Crippen LogP contribution in [0.2, 0.25) is 0 Å². The lowest BCUT2D eigenvalue weighted by Gasteiger charge is -2.41. The number of nitrogens with one attached hydrogen (secondary N) is 1. The first-order valence-corrected chi connectivity index (χ1v) is 7.93. The molecule has 1 aliphatic heterocycles. The van der Waals surface area contributed by atoms with E-state index in [0.717, 1.165) is 25.0 Å². The second kappa shape index (κ2) is 5.17. The first-order chi connectivity index (χ1) is 9.21. The van der Waals surface area contributed by atoms with Crippen molar-refractivity contribution in [3.05, 3.63) is 35.4 Å². The van der Waals surface area contributed by atoms with Crippen LogP contribution in [0.4, 0.5) is 0 Å². The number of carbonyl (C=O) groups is 1. The molecule has 2 atom stereocenters. The van der Waals surface area contributed by atoms with Gasteiger partial charge >= 0.3 is 5.97 Å².